The van der Waals surface area contributed by atoms with Crippen LogP contribution in [-0.2, 0) is 16.8 Å². The van der Waals surface area contributed by atoms with Gasteiger partial charge in [0.15, 0.2) is 0 Å². The molecule has 4 heteroatoms. The zero-order valence-electron chi connectivity index (χ0n) is 11.0. The number of carboxylic acids is 1. The second-order valence-corrected chi connectivity index (χ2v) is 5.42. The van der Waals surface area contributed by atoms with Crippen molar-refractivity contribution in [1.82, 2.24) is 9.55 Å². The minimum absolute atomic E-state index is 0.107. The van der Waals surface area contributed by atoms with E-state index >= 15 is 0 Å². The standard InChI is InChI=1S/C14H18N2O2/c1-14(2,3)16-11-7-5-4-6-10(11)15-12(16)8-9-13(17)18/h4-7H,8-9H2,1-3H3,(H,17,18). The van der Waals surface area contributed by atoms with Crippen LogP contribution in [-0.4, -0.2) is 20.6 Å². The number of imidazole rings is 1. The molecule has 1 N–H and O–H groups in total. The number of carboxylic acid groups (broad SMARTS) is 1. The average molecular weight is 246 g/mol. The smallest absolute Gasteiger partial charge is 0.303 e. The number of benzene rings is 1. The first-order valence-electron chi connectivity index (χ1n) is 6.08. The summed E-state index contributed by atoms with van der Waals surface area (Å²) in [5, 5.41) is 8.81. The van der Waals surface area contributed by atoms with E-state index < -0.39 is 5.97 Å². The van der Waals surface area contributed by atoms with Gasteiger partial charge in [-0.2, -0.15) is 0 Å². The summed E-state index contributed by atoms with van der Waals surface area (Å²) in [5.41, 5.74) is 1.88. The lowest BCUT2D eigenvalue weighted by Crippen LogP contribution is -2.24. The third-order valence-electron chi connectivity index (χ3n) is 2.86. The first-order chi connectivity index (χ1) is 8.39. The lowest BCUT2D eigenvalue weighted by atomic mass is 10.1. The first kappa shape index (κ1) is 12.6. The van der Waals surface area contributed by atoms with Gasteiger partial charge in [-0.15, -0.1) is 0 Å². The third-order valence-corrected chi connectivity index (χ3v) is 2.86. The Labute approximate surface area is 106 Å². The molecule has 0 aliphatic carbocycles. The van der Waals surface area contributed by atoms with Gasteiger partial charge in [0.1, 0.15) is 5.82 Å². The summed E-state index contributed by atoms with van der Waals surface area (Å²) in [4.78, 5) is 15.3. The molecular formula is C14H18N2O2. The molecule has 0 spiro atoms. The Hall–Kier alpha value is -1.84. The Morgan fingerprint density at radius 3 is 2.61 bits per heavy atom. The van der Waals surface area contributed by atoms with Gasteiger partial charge in [0, 0.05) is 12.0 Å². The van der Waals surface area contributed by atoms with E-state index in [-0.39, 0.29) is 12.0 Å². The molecule has 2 aromatic rings. The van der Waals surface area contributed by atoms with Crippen LogP contribution in [0.25, 0.3) is 11.0 Å². The van der Waals surface area contributed by atoms with Crippen molar-refractivity contribution in [3.8, 4) is 0 Å². The van der Waals surface area contributed by atoms with Crippen molar-refractivity contribution in [3.05, 3.63) is 30.1 Å². The van der Waals surface area contributed by atoms with E-state index in [0.717, 1.165) is 16.9 Å². The molecule has 1 aromatic carbocycles. The molecule has 0 fully saturated rings. The van der Waals surface area contributed by atoms with E-state index in [0.29, 0.717) is 6.42 Å². The second-order valence-electron chi connectivity index (χ2n) is 5.42. The fraction of sp³-hybridized carbons (Fsp3) is 0.429. The number of nitrogens with zero attached hydrogens (tertiary/aromatic N) is 2. The first-order valence-corrected chi connectivity index (χ1v) is 6.08. The highest BCUT2D eigenvalue weighted by atomic mass is 16.4. The maximum atomic E-state index is 10.7. The summed E-state index contributed by atoms with van der Waals surface area (Å²) < 4.78 is 2.13. The lowest BCUT2D eigenvalue weighted by Gasteiger charge is -2.24. The van der Waals surface area contributed by atoms with E-state index in [9.17, 15) is 4.79 Å². The lowest BCUT2D eigenvalue weighted by molar-refractivity contribution is -0.137. The highest BCUT2D eigenvalue weighted by Crippen LogP contribution is 2.25. The Balaban J connectivity index is 2.54. The number of para-hydroxylation sites is 2. The molecule has 0 unspecified atom stereocenters. The molecule has 0 aliphatic heterocycles. The average Bonchev–Trinajstić information content (AvgIpc) is 2.63. The molecule has 0 aliphatic rings. The van der Waals surface area contributed by atoms with Gasteiger partial charge in [-0.3, -0.25) is 4.79 Å². The molecule has 18 heavy (non-hydrogen) atoms. The van der Waals surface area contributed by atoms with Crippen LogP contribution < -0.4 is 0 Å². The van der Waals surface area contributed by atoms with E-state index in [1.807, 2.05) is 24.3 Å². The number of aliphatic carboxylic acids is 1. The monoisotopic (exact) mass is 246 g/mol. The van der Waals surface area contributed by atoms with Gasteiger partial charge in [-0.25, -0.2) is 4.98 Å². The fourth-order valence-corrected chi connectivity index (χ4v) is 2.21. The number of hydrogen-bond acceptors (Lipinski definition) is 2. The van der Waals surface area contributed by atoms with Crippen LogP contribution in [0, 0.1) is 0 Å². The zero-order valence-corrected chi connectivity index (χ0v) is 11.0. The second kappa shape index (κ2) is 4.44. The van der Waals surface area contributed by atoms with E-state index in [2.05, 4.69) is 30.3 Å². The quantitative estimate of drug-likeness (QED) is 0.906. The van der Waals surface area contributed by atoms with Crippen molar-refractivity contribution >= 4 is 17.0 Å². The van der Waals surface area contributed by atoms with Crippen molar-refractivity contribution in [2.75, 3.05) is 0 Å². The minimum atomic E-state index is -0.789. The normalized spacial score (nSPS) is 11.9. The molecule has 96 valence electrons. The summed E-state index contributed by atoms with van der Waals surface area (Å²) in [7, 11) is 0. The van der Waals surface area contributed by atoms with Gasteiger partial charge in [-0.1, -0.05) is 12.1 Å². The molecule has 0 bridgehead atoms. The van der Waals surface area contributed by atoms with Crippen molar-refractivity contribution in [2.24, 2.45) is 0 Å². The van der Waals surface area contributed by atoms with Crippen LogP contribution in [0.3, 0.4) is 0 Å². The molecule has 4 nitrogen and oxygen atoms in total. The maximum absolute atomic E-state index is 10.7. The summed E-state index contributed by atoms with van der Waals surface area (Å²) in [5.74, 6) is 0.0496. The number of fused-ring (bicyclic) bond motifs is 1. The van der Waals surface area contributed by atoms with Crippen molar-refractivity contribution in [1.29, 1.82) is 0 Å². The van der Waals surface area contributed by atoms with Gasteiger partial charge in [0.05, 0.1) is 17.5 Å². The number of aromatic nitrogens is 2. The number of hydrogen-bond donors (Lipinski definition) is 1. The number of carbonyl (C=O) groups is 1. The molecule has 0 amide bonds. The van der Waals surface area contributed by atoms with Gasteiger partial charge in [-0.05, 0) is 32.9 Å². The Morgan fingerprint density at radius 2 is 2.00 bits per heavy atom. The van der Waals surface area contributed by atoms with E-state index in [4.69, 9.17) is 5.11 Å². The number of rotatable bonds is 3. The molecule has 0 radical (unpaired) electrons. The maximum Gasteiger partial charge on any atom is 0.303 e. The molecule has 1 heterocycles. The van der Waals surface area contributed by atoms with Gasteiger partial charge in [0.2, 0.25) is 0 Å². The van der Waals surface area contributed by atoms with Crippen molar-refractivity contribution in [3.63, 3.8) is 0 Å². The third kappa shape index (κ3) is 2.37. The Morgan fingerprint density at radius 1 is 1.33 bits per heavy atom. The summed E-state index contributed by atoms with van der Waals surface area (Å²) in [6.07, 6.45) is 0.570. The van der Waals surface area contributed by atoms with E-state index in [1.165, 1.54) is 0 Å². The van der Waals surface area contributed by atoms with Crippen LogP contribution in [0.4, 0.5) is 0 Å². The van der Waals surface area contributed by atoms with Crippen LogP contribution in [0.1, 0.15) is 33.0 Å². The highest BCUT2D eigenvalue weighted by Gasteiger charge is 2.21. The van der Waals surface area contributed by atoms with Gasteiger partial charge >= 0.3 is 5.97 Å². The fourth-order valence-electron chi connectivity index (χ4n) is 2.21. The summed E-state index contributed by atoms with van der Waals surface area (Å²) in [6, 6.07) is 7.91. The van der Waals surface area contributed by atoms with Gasteiger partial charge < -0.3 is 9.67 Å². The van der Waals surface area contributed by atoms with Crippen LogP contribution in [0.15, 0.2) is 24.3 Å². The minimum Gasteiger partial charge on any atom is -0.481 e. The largest absolute Gasteiger partial charge is 0.481 e. The summed E-state index contributed by atoms with van der Waals surface area (Å²) >= 11 is 0. The van der Waals surface area contributed by atoms with E-state index in [1.54, 1.807) is 0 Å². The summed E-state index contributed by atoms with van der Waals surface area (Å²) in [6.45, 7) is 6.31. The Kier molecular flexibility index (Phi) is 3.11. The molecule has 2 rings (SSSR count). The SMILES string of the molecule is CC(C)(C)n1c(CCC(=O)O)nc2ccccc21. The van der Waals surface area contributed by atoms with Crippen LogP contribution in [0.5, 0.6) is 0 Å². The van der Waals surface area contributed by atoms with Crippen LogP contribution >= 0.6 is 0 Å². The molecule has 0 saturated carbocycles. The van der Waals surface area contributed by atoms with Crippen molar-refractivity contribution in [2.45, 2.75) is 39.2 Å². The van der Waals surface area contributed by atoms with Crippen LogP contribution in [0.2, 0.25) is 0 Å². The highest BCUT2D eigenvalue weighted by molar-refractivity contribution is 5.76. The Bertz CT molecular complexity index is 579. The predicted octanol–water partition coefficient (Wildman–Crippen LogP) is 2.81. The topological polar surface area (TPSA) is 55.1 Å². The molecule has 0 saturated heterocycles. The number of aryl methyl sites for hydroxylation is 1. The van der Waals surface area contributed by atoms with Crippen molar-refractivity contribution < 1.29 is 9.90 Å². The predicted molar refractivity (Wildman–Crippen MR) is 70.7 cm³/mol. The molecule has 1 aromatic heterocycles. The van der Waals surface area contributed by atoms with Gasteiger partial charge in [0.25, 0.3) is 0 Å². The zero-order chi connectivity index (χ0) is 13.3. The molecular weight excluding hydrogens is 228 g/mol. The molecule has 0 atom stereocenters.